The van der Waals surface area contributed by atoms with Gasteiger partial charge in [0.05, 0.1) is 0 Å². The molecule has 0 aliphatic rings. The van der Waals surface area contributed by atoms with Crippen molar-refractivity contribution < 1.29 is 19.2 Å². The molecule has 0 radical (unpaired) electrons. The molecule has 0 bridgehead atoms. The zero-order valence-corrected chi connectivity index (χ0v) is 7.90. The minimum Gasteiger partial charge on any atom is -0.508 e. The number of hydrogen-bond acceptors (Lipinski definition) is 3. The molecule has 1 aromatic carbocycles. The topological polar surface area (TPSA) is 49.7 Å². The number of phenols is 1. The third-order valence-corrected chi connectivity index (χ3v) is 1.73. The van der Waals surface area contributed by atoms with Crippen LogP contribution in [0.4, 0.5) is 4.39 Å². The first-order valence-corrected chi connectivity index (χ1v) is 4.43. The van der Waals surface area contributed by atoms with Gasteiger partial charge in [0.15, 0.2) is 0 Å². The van der Waals surface area contributed by atoms with Crippen LogP contribution >= 0.6 is 0 Å². The summed E-state index contributed by atoms with van der Waals surface area (Å²) in [6, 6.07) is 3.54. The van der Waals surface area contributed by atoms with Crippen molar-refractivity contribution in [1.29, 1.82) is 0 Å². The van der Waals surface area contributed by atoms with Gasteiger partial charge < -0.3 is 14.8 Å². The van der Waals surface area contributed by atoms with Crippen LogP contribution in [0.15, 0.2) is 18.2 Å². The number of rotatable bonds is 4. The zero-order valence-electron chi connectivity index (χ0n) is 7.90. The molecule has 0 aliphatic heterocycles. The van der Waals surface area contributed by atoms with E-state index < -0.39 is 12.9 Å². The Labute approximate surface area is 82.3 Å². The van der Waals surface area contributed by atoms with E-state index >= 15 is 0 Å². The van der Waals surface area contributed by atoms with E-state index in [2.05, 4.69) is 0 Å². The highest BCUT2D eigenvalue weighted by Gasteiger charge is 2.20. The molecule has 0 saturated heterocycles. The second kappa shape index (κ2) is 4.98. The van der Waals surface area contributed by atoms with Gasteiger partial charge in [0, 0.05) is 18.1 Å². The van der Waals surface area contributed by atoms with Gasteiger partial charge in [-0.2, -0.15) is 0 Å². The Bertz CT molecular complexity index is 306. The molecule has 0 spiro atoms. The Morgan fingerprint density at radius 2 is 2.21 bits per heavy atom. The molecule has 3 nitrogen and oxygen atoms in total. The first-order valence-electron chi connectivity index (χ1n) is 4.43. The maximum absolute atomic E-state index is 13.1. The van der Waals surface area contributed by atoms with Crippen LogP contribution in [0.1, 0.15) is 13.3 Å². The molecule has 0 unspecified atom stereocenters. The fourth-order valence-electron chi connectivity index (χ4n) is 1.04. The third kappa shape index (κ3) is 2.72. The van der Waals surface area contributed by atoms with Gasteiger partial charge in [0.2, 0.25) is 0 Å². The second-order valence-corrected chi connectivity index (χ2v) is 2.93. The van der Waals surface area contributed by atoms with E-state index in [1.807, 2.05) is 6.92 Å². The van der Waals surface area contributed by atoms with Crippen molar-refractivity contribution in [3.63, 3.8) is 0 Å². The molecule has 14 heavy (non-hydrogen) atoms. The summed E-state index contributed by atoms with van der Waals surface area (Å²) in [6.07, 6.45) is 0.747. The lowest BCUT2D eigenvalue weighted by Gasteiger charge is -2.08. The summed E-state index contributed by atoms with van der Waals surface area (Å²) in [5, 5.41) is 18.3. The number of benzene rings is 1. The van der Waals surface area contributed by atoms with Gasteiger partial charge in [-0.15, -0.1) is 0 Å². The predicted molar refractivity (Wildman–Crippen MR) is 51.9 cm³/mol. The Morgan fingerprint density at radius 3 is 2.79 bits per heavy atom. The fraction of sp³-hybridized carbons (Fsp3) is 0.333. The van der Waals surface area contributed by atoms with Crippen LogP contribution < -0.4 is 5.46 Å². The minimum absolute atomic E-state index is 0.0382. The molecule has 76 valence electrons. The Balaban J connectivity index is 2.74. The summed E-state index contributed by atoms with van der Waals surface area (Å²) in [7, 11) is -1.27. The Morgan fingerprint density at radius 1 is 1.50 bits per heavy atom. The first-order chi connectivity index (χ1) is 6.65. The fourth-order valence-corrected chi connectivity index (χ4v) is 1.04. The van der Waals surface area contributed by atoms with E-state index in [0.717, 1.165) is 12.5 Å². The van der Waals surface area contributed by atoms with Gasteiger partial charge in [-0.1, -0.05) is 13.0 Å². The van der Waals surface area contributed by atoms with Gasteiger partial charge in [-0.05, 0) is 12.5 Å². The van der Waals surface area contributed by atoms with Gasteiger partial charge >= 0.3 is 7.12 Å². The molecule has 5 heteroatoms. The van der Waals surface area contributed by atoms with Crippen LogP contribution in [0.2, 0.25) is 0 Å². The number of hydrogen-bond donors (Lipinski definition) is 2. The highest BCUT2D eigenvalue weighted by Crippen LogP contribution is 2.08. The summed E-state index contributed by atoms with van der Waals surface area (Å²) in [5.74, 6) is -0.845. The lowest BCUT2D eigenvalue weighted by molar-refractivity contribution is 0.269. The van der Waals surface area contributed by atoms with Crippen molar-refractivity contribution in [2.24, 2.45) is 0 Å². The van der Waals surface area contributed by atoms with Crippen molar-refractivity contribution >= 4 is 12.6 Å². The zero-order chi connectivity index (χ0) is 10.6. The standard InChI is InChI=1S/C9H12BFO3/c1-2-5-14-10(13)8-4-3-7(12)6-9(8)11/h3-4,6,12-13H,2,5H2,1H3. The summed E-state index contributed by atoms with van der Waals surface area (Å²) < 4.78 is 18.1. The highest BCUT2D eigenvalue weighted by molar-refractivity contribution is 6.60. The number of halogens is 1. The van der Waals surface area contributed by atoms with Gasteiger partial charge in [0.25, 0.3) is 0 Å². The highest BCUT2D eigenvalue weighted by atomic mass is 19.1. The van der Waals surface area contributed by atoms with Crippen molar-refractivity contribution in [1.82, 2.24) is 0 Å². The number of aromatic hydroxyl groups is 1. The summed E-state index contributed by atoms with van der Waals surface area (Å²) in [6.45, 7) is 2.25. The molecule has 1 rings (SSSR count). The molecule has 0 fully saturated rings. The van der Waals surface area contributed by atoms with E-state index in [4.69, 9.17) is 9.76 Å². The van der Waals surface area contributed by atoms with E-state index in [1.54, 1.807) is 0 Å². The monoisotopic (exact) mass is 198 g/mol. The summed E-state index contributed by atoms with van der Waals surface area (Å²) in [5.41, 5.74) is 0.0382. The Kier molecular flexibility index (Phi) is 3.91. The maximum atomic E-state index is 13.1. The van der Waals surface area contributed by atoms with Crippen molar-refractivity contribution in [2.45, 2.75) is 13.3 Å². The van der Waals surface area contributed by atoms with Gasteiger partial charge in [-0.25, -0.2) is 4.39 Å². The van der Waals surface area contributed by atoms with Crippen LogP contribution in [0.3, 0.4) is 0 Å². The predicted octanol–water partition coefficient (Wildman–Crippen LogP) is 0.645. The van der Waals surface area contributed by atoms with Gasteiger partial charge in [0.1, 0.15) is 11.6 Å². The van der Waals surface area contributed by atoms with E-state index in [1.165, 1.54) is 12.1 Å². The molecule has 0 atom stereocenters. The average molecular weight is 198 g/mol. The van der Waals surface area contributed by atoms with Crippen LogP contribution in [-0.4, -0.2) is 23.9 Å². The van der Waals surface area contributed by atoms with Crippen molar-refractivity contribution in [2.75, 3.05) is 6.61 Å². The maximum Gasteiger partial charge on any atom is 0.494 e. The smallest absolute Gasteiger partial charge is 0.494 e. The number of phenolic OH excluding ortho intramolecular Hbond substituents is 1. The van der Waals surface area contributed by atoms with Crippen molar-refractivity contribution in [3.05, 3.63) is 24.0 Å². The molecule has 0 aromatic heterocycles. The first kappa shape index (κ1) is 11.0. The molecule has 1 aromatic rings. The average Bonchev–Trinajstić information content (AvgIpc) is 2.14. The quantitative estimate of drug-likeness (QED) is 0.698. The molecule has 0 saturated carbocycles. The van der Waals surface area contributed by atoms with Crippen LogP contribution in [0, 0.1) is 5.82 Å². The molecule has 2 N–H and O–H groups in total. The largest absolute Gasteiger partial charge is 0.508 e. The minimum atomic E-state index is -1.27. The van der Waals surface area contributed by atoms with E-state index in [9.17, 15) is 9.41 Å². The third-order valence-electron chi connectivity index (χ3n) is 1.73. The van der Waals surface area contributed by atoms with Crippen molar-refractivity contribution in [3.8, 4) is 5.75 Å². The normalized spacial score (nSPS) is 10.2. The molecule has 0 aliphatic carbocycles. The van der Waals surface area contributed by atoms with Crippen LogP contribution in [0.25, 0.3) is 0 Å². The Hall–Kier alpha value is -1.07. The lowest BCUT2D eigenvalue weighted by atomic mass is 9.79. The second-order valence-electron chi connectivity index (χ2n) is 2.93. The molecule has 0 amide bonds. The van der Waals surface area contributed by atoms with E-state index in [-0.39, 0.29) is 11.2 Å². The summed E-state index contributed by atoms with van der Waals surface area (Å²) in [4.78, 5) is 0. The van der Waals surface area contributed by atoms with Gasteiger partial charge in [-0.3, -0.25) is 0 Å². The SMILES string of the molecule is CCCOB(O)c1ccc(O)cc1F. The molecular weight excluding hydrogens is 186 g/mol. The van der Waals surface area contributed by atoms with E-state index in [0.29, 0.717) is 6.61 Å². The summed E-state index contributed by atoms with van der Waals surface area (Å²) >= 11 is 0. The lowest BCUT2D eigenvalue weighted by Crippen LogP contribution is -2.36. The van der Waals surface area contributed by atoms with Crippen LogP contribution in [0.5, 0.6) is 5.75 Å². The molecular formula is C9H12BFO3. The molecule has 0 heterocycles. The van der Waals surface area contributed by atoms with Crippen LogP contribution in [-0.2, 0) is 4.65 Å².